The first-order valence-corrected chi connectivity index (χ1v) is 11.6. The summed E-state index contributed by atoms with van der Waals surface area (Å²) in [4.78, 5) is 0. The molecule has 32 heavy (non-hydrogen) atoms. The summed E-state index contributed by atoms with van der Waals surface area (Å²) in [5.41, 5.74) is 2.44. The number of hydrogen-bond acceptors (Lipinski definition) is 3. The van der Waals surface area contributed by atoms with E-state index in [0.29, 0.717) is 0 Å². The Labute approximate surface area is 211 Å². The van der Waals surface area contributed by atoms with Gasteiger partial charge in [0.1, 0.15) is 0 Å². The Morgan fingerprint density at radius 1 is 0.469 bits per heavy atom. The van der Waals surface area contributed by atoms with Gasteiger partial charge in [-0.25, -0.2) is 12.2 Å². The van der Waals surface area contributed by atoms with Crippen LogP contribution in [0.5, 0.6) is 0 Å². The molecule has 3 fully saturated rings. The van der Waals surface area contributed by atoms with Crippen molar-refractivity contribution < 1.29 is 14.2 Å². The standard InChI is InChI=1S/C16H14.3C4H8O.Mg/c1-3-9-15(10-4-1)13-7-8-14-16-11-5-2-6-12-16;3*1-2-4-5-3-1;/h1-14H;3*1-4H2;/q-2;;;;+2/b8-7-;;;;. The molecule has 3 aliphatic heterocycles. The fourth-order valence-electron chi connectivity index (χ4n) is 2.99. The van der Waals surface area contributed by atoms with Crippen molar-refractivity contribution >= 4 is 23.1 Å². The van der Waals surface area contributed by atoms with Gasteiger partial charge in [-0.1, -0.05) is 12.1 Å². The third kappa shape index (κ3) is 16.2. The Balaban J connectivity index is 0.000000259. The Bertz CT molecular complexity index is 559. The molecule has 0 unspecified atom stereocenters. The minimum atomic E-state index is 0. The van der Waals surface area contributed by atoms with Crippen molar-refractivity contribution in [2.45, 2.75) is 38.5 Å². The molecule has 0 spiro atoms. The number of ether oxygens (including phenoxy) is 3. The van der Waals surface area contributed by atoms with Crippen molar-refractivity contribution in [1.29, 1.82) is 0 Å². The molecule has 2 aromatic rings. The van der Waals surface area contributed by atoms with Crippen molar-refractivity contribution in [2.24, 2.45) is 0 Å². The SMILES string of the molecule is C(=C/[CH-]c1ccccc1)/[CH-]c1ccccc1.C1CCOC1.C1CCOC1.C1CCOC1.[Mg+2]. The predicted octanol–water partition coefficient (Wildman–Crippen LogP) is 6.06. The van der Waals surface area contributed by atoms with Crippen LogP contribution >= 0.6 is 0 Å². The number of benzene rings is 2. The molecular weight excluding hydrogens is 409 g/mol. The first kappa shape index (κ1) is 28.6. The van der Waals surface area contributed by atoms with Gasteiger partial charge < -0.3 is 14.2 Å². The number of allylic oxidation sites excluding steroid dienone is 2. The fraction of sp³-hybridized carbons (Fsp3) is 0.429. The maximum absolute atomic E-state index is 4.94. The zero-order valence-corrected chi connectivity index (χ0v) is 20.9. The van der Waals surface area contributed by atoms with Crippen LogP contribution in [0.1, 0.15) is 49.7 Å². The van der Waals surface area contributed by atoms with Crippen LogP contribution in [0.2, 0.25) is 0 Å². The molecule has 5 rings (SSSR count). The average Bonchev–Trinajstić information content (AvgIpc) is 3.66. The molecule has 3 aliphatic rings. The van der Waals surface area contributed by atoms with Crippen molar-refractivity contribution in [3.63, 3.8) is 0 Å². The van der Waals surface area contributed by atoms with E-state index in [2.05, 4.69) is 49.3 Å². The average molecular weight is 447 g/mol. The van der Waals surface area contributed by atoms with E-state index in [-0.39, 0.29) is 23.1 Å². The fourth-order valence-corrected chi connectivity index (χ4v) is 2.99. The van der Waals surface area contributed by atoms with Gasteiger partial charge in [0.05, 0.1) is 0 Å². The summed E-state index contributed by atoms with van der Waals surface area (Å²) in [5, 5.41) is 0. The summed E-state index contributed by atoms with van der Waals surface area (Å²) in [6.07, 6.45) is 16.0. The van der Waals surface area contributed by atoms with E-state index < -0.39 is 0 Å². The molecule has 2 aromatic carbocycles. The van der Waals surface area contributed by atoms with Gasteiger partial charge in [0.15, 0.2) is 0 Å². The summed E-state index contributed by atoms with van der Waals surface area (Å²) in [6, 6.07) is 20.6. The molecule has 3 saturated heterocycles. The van der Waals surface area contributed by atoms with Gasteiger partial charge in [-0.3, -0.25) is 0 Å². The molecular formula is C28H38MgO3. The number of rotatable bonds is 4. The van der Waals surface area contributed by atoms with Gasteiger partial charge in [-0.2, -0.15) is 24.0 Å². The molecule has 0 amide bonds. The molecule has 0 bridgehead atoms. The zero-order valence-electron chi connectivity index (χ0n) is 19.5. The Kier molecular flexibility index (Phi) is 19.1. The van der Waals surface area contributed by atoms with Crippen molar-refractivity contribution in [2.75, 3.05) is 39.6 Å². The second-order valence-corrected chi connectivity index (χ2v) is 7.50. The van der Waals surface area contributed by atoms with E-state index >= 15 is 0 Å². The Morgan fingerprint density at radius 3 is 0.969 bits per heavy atom. The van der Waals surface area contributed by atoms with Crippen LogP contribution < -0.4 is 0 Å². The second-order valence-electron chi connectivity index (χ2n) is 7.50. The van der Waals surface area contributed by atoms with Crippen LogP contribution in [0.15, 0.2) is 72.8 Å². The maximum Gasteiger partial charge on any atom is 2.00 e. The largest absolute Gasteiger partial charge is 2.00 e. The van der Waals surface area contributed by atoms with Crippen molar-refractivity contribution in [1.82, 2.24) is 0 Å². The van der Waals surface area contributed by atoms with Gasteiger partial charge in [0.25, 0.3) is 0 Å². The van der Waals surface area contributed by atoms with Crippen molar-refractivity contribution in [3.05, 3.63) is 96.8 Å². The molecule has 3 nitrogen and oxygen atoms in total. The minimum Gasteiger partial charge on any atom is -0.381 e. The Hall–Kier alpha value is -1.43. The first-order valence-electron chi connectivity index (χ1n) is 11.6. The van der Waals surface area contributed by atoms with E-state index in [0.717, 1.165) is 39.6 Å². The molecule has 0 atom stereocenters. The van der Waals surface area contributed by atoms with Gasteiger partial charge in [-0.05, 0) is 38.5 Å². The number of hydrogen-bond donors (Lipinski definition) is 0. The van der Waals surface area contributed by atoms with Gasteiger partial charge in [0.2, 0.25) is 0 Å². The molecule has 3 heterocycles. The molecule has 0 radical (unpaired) electrons. The molecule has 170 valence electrons. The topological polar surface area (TPSA) is 27.7 Å². The van der Waals surface area contributed by atoms with E-state index in [1.165, 1.54) is 49.7 Å². The van der Waals surface area contributed by atoms with Gasteiger partial charge in [-0.15, -0.1) is 48.5 Å². The maximum atomic E-state index is 4.94. The third-order valence-electron chi connectivity index (χ3n) is 4.77. The molecule has 0 saturated carbocycles. The van der Waals surface area contributed by atoms with Crippen LogP contribution in [0.4, 0.5) is 0 Å². The van der Waals surface area contributed by atoms with Crippen LogP contribution in [0.25, 0.3) is 0 Å². The first-order chi connectivity index (χ1) is 15.4. The predicted molar refractivity (Wildman–Crippen MR) is 135 cm³/mol. The smallest absolute Gasteiger partial charge is 0.381 e. The Morgan fingerprint density at radius 2 is 0.750 bits per heavy atom. The molecule has 0 N–H and O–H groups in total. The van der Waals surface area contributed by atoms with Gasteiger partial charge in [0, 0.05) is 39.6 Å². The summed E-state index contributed by atoms with van der Waals surface area (Å²) in [5.74, 6) is 0. The quantitative estimate of drug-likeness (QED) is 0.422. The monoisotopic (exact) mass is 446 g/mol. The van der Waals surface area contributed by atoms with Crippen molar-refractivity contribution in [3.8, 4) is 0 Å². The summed E-state index contributed by atoms with van der Waals surface area (Å²) in [6.45, 7) is 6.00. The van der Waals surface area contributed by atoms with Gasteiger partial charge >= 0.3 is 23.1 Å². The summed E-state index contributed by atoms with van der Waals surface area (Å²) in [7, 11) is 0. The van der Waals surface area contributed by atoms with E-state index in [4.69, 9.17) is 14.2 Å². The third-order valence-corrected chi connectivity index (χ3v) is 4.77. The molecule has 4 heteroatoms. The van der Waals surface area contributed by atoms with E-state index in [1.54, 1.807) is 0 Å². The van der Waals surface area contributed by atoms with E-state index in [9.17, 15) is 0 Å². The summed E-state index contributed by atoms with van der Waals surface area (Å²) >= 11 is 0. The second kappa shape index (κ2) is 21.4. The van der Waals surface area contributed by atoms with Crippen LogP contribution in [0.3, 0.4) is 0 Å². The zero-order chi connectivity index (χ0) is 21.7. The van der Waals surface area contributed by atoms with Crippen LogP contribution in [-0.2, 0) is 14.2 Å². The molecule has 0 aromatic heterocycles. The minimum absolute atomic E-state index is 0. The summed E-state index contributed by atoms with van der Waals surface area (Å²) < 4.78 is 14.8. The molecule has 0 aliphatic carbocycles. The van der Waals surface area contributed by atoms with E-state index in [1.807, 2.05) is 36.4 Å². The van der Waals surface area contributed by atoms with Crippen LogP contribution in [0, 0.1) is 12.8 Å². The normalized spacial score (nSPS) is 16.4. The van der Waals surface area contributed by atoms with Crippen LogP contribution in [-0.4, -0.2) is 62.7 Å².